The molecule has 1 saturated carbocycles. The maximum atomic E-state index is 13.6. The smallest absolute Gasteiger partial charge is 0.255 e. The zero-order valence-electron chi connectivity index (χ0n) is 18.4. The number of hydrogen-bond donors (Lipinski definition) is 1. The SMILES string of the molecule is CC1CC12CN(C)CC2NC1=C(C(=O)N2CCCC(C)(C)CC2)C=C(Br)C=CC1. The van der Waals surface area contributed by atoms with E-state index in [0.29, 0.717) is 16.9 Å². The quantitative estimate of drug-likeness (QED) is 0.674. The van der Waals surface area contributed by atoms with Gasteiger partial charge in [-0.3, -0.25) is 4.79 Å². The predicted molar refractivity (Wildman–Crippen MR) is 123 cm³/mol. The molecule has 3 unspecified atom stereocenters. The van der Waals surface area contributed by atoms with Crippen LogP contribution in [0.1, 0.15) is 52.9 Å². The number of hydrogen-bond acceptors (Lipinski definition) is 3. The minimum Gasteiger partial charge on any atom is -0.383 e. The van der Waals surface area contributed by atoms with Crippen LogP contribution in [0.3, 0.4) is 0 Å². The van der Waals surface area contributed by atoms with E-state index in [4.69, 9.17) is 0 Å². The fourth-order valence-electron chi connectivity index (χ4n) is 5.58. The Morgan fingerprint density at radius 2 is 2.03 bits per heavy atom. The van der Waals surface area contributed by atoms with Crippen molar-refractivity contribution in [1.29, 1.82) is 0 Å². The average Bonchev–Trinajstić information content (AvgIpc) is 3.28. The van der Waals surface area contributed by atoms with Crippen LogP contribution in [0.2, 0.25) is 0 Å². The molecule has 3 atom stereocenters. The zero-order valence-corrected chi connectivity index (χ0v) is 20.0. The zero-order chi connectivity index (χ0) is 20.8. The fraction of sp³-hybridized carbons (Fsp3) is 0.708. The van der Waals surface area contributed by atoms with Gasteiger partial charge in [0.15, 0.2) is 0 Å². The number of carbonyl (C=O) groups is 1. The third-order valence-electron chi connectivity index (χ3n) is 7.67. The van der Waals surface area contributed by atoms with Crippen molar-refractivity contribution in [2.75, 3.05) is 33.2 Å². The summed E-state index contributed by atoms with van der Waals surface area (Å²) in [4.78, 5) is 18.2. The molecule has 0 aromatic heterocycles. The average molecular weight is 462 g/mol. The molecular formula is C24H36BrN3O. The van der Waals surface area contributed by atoms with Crippen LogP contribution in [0.4, 0.5) is 0 Å². The Bertz CT molecular complexity index is 768. The Morgan fingerprint density at radius 3 is 2.76 bits per heavy atom. The highest BCUT2D eigenvalue weighted by Crippen LogP contribution is 2.58. The molecule has 0 bridgehead atoms. The van der Waals surface area contributed by atoms with Crippen molar-refractivity contribution in [3.05, 3.63) is 34.0 Å². The molecule has 4 aliphatic rings. The summed E-state index contributed by atoms with van der Waals surface area (Å²) in [5, 5.41) is 3.87. The Balaban J connectivity index is 1.59. The molecule has 2 aliphatic carbocycles. The van der Waals surface area contributed by atoms with Crippen LogP contribution in [-0.4, -0.2) is 55.0 Å². The molecular weight excluding hydrogens is 426 g/mol. The van der Waals surface area contributed by atoms with Gasteiger partial charge in [-0.15, -0.1) is 0 Å². The summed E-state index contributed by atoms with van der Waals surface area (Å²) in [5.74, 6) is 0.955. The number of halogens is 1. The maximum absolute atomic E-state index is 13.6. The maximum Gasteiger partial charge on any atom is 0.255 e. The number of carbonyl (C=O) groups excluding carboxylic acids is 1. The number of amides is 1. The van der Waals surface area contributed by atoms with E-state index in [1.807, 2.05) is 6.08 Å². The standard InChI is InChI=1S/C24H36BrN3O/c1-17-14-24(17)16-27(4)15-21(24)26-20-8-5-7-18(25)13-19(20)22(29)28-11-6-9-23(2,3)10-12-28/h5,7,13,17,21,26H,6,8-12,14-16H2,1-4H3. The second kappa shape index (κ2) is 7.88. The number of likely N-dealkylation sites (N-methyl/N-ethyl adjacent to an activating group) is 1. The van der Waals surface area contributed by atoms with Gasteiger partial charge in [0.1, 0.15) is 0 Å². The van der Waals surface area contributed by atoms with Gasteiger partial charge in [-0.25, -0.2) is 0 Å². The van der Waals surface area contributed by atoms with Gasteiger partial charge in [0.2, 0.25) is 0 Å². The van der Waals surface area contributed by atoms with Crippen molar-refractivity contribution in [2.24, 2.45) is 16.7 Å². The van der Waals surface area contributed by atoms with Crippen molar-refractivity contribution in [2.45, 2.75) is 58.9 Å². The molecule has 0 radical (unpaired) electrons. The molecule has 29 heavy (non-hydrogen) atoms. The number of likely N-dealkylation sites (tertiary alicyclic amines) is 2. The summed E-state index contributed by atoms with van der Waals surface area (Å²) in [7, 11) is 2.22. The van der Waals surface area contributed by atoms with Crippen molar-refractivity contribution in [1.82, 2.24) is 15.1 Å². The summed E-state index contributed by atoms with van der Waals surface area (Å²) in [6.45, 7) is 11.0. The summed E-state index contributed by atoms with van der Waals surface area (Å²) in [5.41, 5.74) is 2.66. The van der Waals surface area contributed by atoms with Crippen LogP contribution in [-0.2, 0) is 4.79 Å². The van der Waals surface area contributed by atoms with E-state index in [1.165, 1.54) is 19.4 Å². The van der Waals surface area contributed by atoms with Gasteiger partial charge in [0.05, 0.1) is 5.57 Å². The molecule has 160 valence electrons. The molecule has 5 heteroatoms. The van der Waals surface area contributed by atoms with Gasteiger partial charge >= 0.3 is 0 Å². The van der Waals surface area contributed by atoms with E-state index in [-0.39, 0.29) is 5.91 Å². The topological polar surface area (TPSA) is 35.6 Å². The third kappa shape index (κ3) is 4.36. The highest BCUT2D eigenvalue weighted by molar-refractivity contribution is 9.11. The normalized spacial score (nSPS) is 34.8. The van der Waals surface area contributed by atoms with Gasteiger partial charge in [0.25, 0.3) is 5.91 Å². The Hall–Kier alpha value is -1.07. The minimum atomic E-state index is 0.190. The van der Waals surface area contributed by atoms with Crippen molar-refractivity contribution in [3.63, 3.8) is 0 Å². The summed E-state index contributed by atoms with van der Waals surface area (Å²) in [6.07, 6.45) is 11.7. The number of allylic oxidation sites excluding steroid dienone is 3. The van der Waals surface area contributed by atoms with Gasteiger partial charge in [-0.2, -0.15) is 0 Å². The third-order valence-corrected chi connectivity index (χ3v) is 8.17. The van der Waals surface area contributed by atoms with Crippen LogP contribution in [0, 0.1) is 16.7 Å². The first-order valence-electron chi connectivity index (χ1n) is 11.2. The van der Waals surface area contributed by atoms with E-state index in [0.717, 1.165) is 60.6 Å². The lowest BCUT2D eigenvalue weighted by Crippen LogP contribution is -2.40. The largest absolute Gasteiger partial charge is 0.383 e. The fourth-order valence-corrected chi connectivity index (χ4v) is 6.00. The van der Waals surface area contributed by atoms with Gasteiger partial charge in [0, 0.05) is 54.2 Å². The van der Waals surface area contributed by atoms with E-state index in [2.05, 4.69) is 71.0 Å². The molecule has 4 nitrogen and oxygen atoms in total. The Labute approximate surface area is 184 Å². The summed E-state index contributed by atoms with van der Waals surface area (Å²) >= 11 is 3.63. The lowest BCUT2D eigenvalue weighted by Gasteiger charge is -2.27. The monoisotopic (exact) mass is 461 g/mol. The molecule has 0 aromatic rings. The van der Waals surface area contributed by atoms with Crippen LogP contribution in [0.25, 0.3) is 0 Å². The highest BCUT2D eigenvalue weighted by atomic mass is 79.9. The highest BCUT2D eigenvalue weighted by Gasteiger charge is 2.60. The van der Waals surface area contributed by atoms with Crippen LogP contribution < -0.4 is 5.32 Å². The number of nitrogens with zero attached hydrogens (tertiary/aromatic N) is 2. The van der Waals surface area contributed by atoms with Crippen LogP contribution in [0.5, 0.6) is 0 Å². The van der Waals surface area contributed by atoms with Gasteiger partial charge in [-0.05, 0) is 50.1 Å². The molecule has 1 spiro atoms. The Kier molecular flexibility index (Phi) is 5.75. The van der Waals surface area contributed by atoms with Gasteiger partial charge < -0.3 is 15.1 Å². The summed E-state index contributed by atoms with van der Waals surface area (Å²) < 4.78 is 0.978. The van der Waals surface area contributed by atoms with E-state index >= 15 is 0 Å². The molecule has 0 aromatic carbocycles. The number of rotatable bonds is 3. The molecule has 4 rings (SSSR count). The van der Waals surface area contributed by atoms with Crippen molar-refractivity contribution >= 4 is 21.8 Å². The van der Waals surface area contributed by atoms with Crippen molar-refractivity contribution < 1.29 is 4.79 Å². The second-order valence-electron chi connectivity index (χ2n) is 10.6. The minimum absolute atomic E-state index is 0.190. The predicted octanol–water partition coefficient (Wildman–Crippen LogP) is 4.45. The van der Waals surface area contributed by atoms with Gasteiger partial charge in [-0.1, -0.05) is 48.9 Å². The first-order chi connectivity index (χ1) is 13.7. The van der Waals surface area contributed by atoms with Crippen molar-refractivity contribution in [3.8, 4) is 0 Å². The molecule has 1 N–H and O–H groups in total. The molecule has 2 heterocycles. The van der Waals surface area contributed by atoms with Crippen LogP contribution >= 0.6 is 15.9 Å². The lowest BCUT2D eigenvalue weighted by atomic mass is 9.85. The van der Waals surface area contributed by atoms with Crippen LogP contribution in [0.15, 0.2) is 34.0 Å². The van der Waals surface area contributed by atoms with E-state index < -0.39 is 0 Å². The summed E-state index contributed by atoms with van der Waals surface area (Å²) in [6, 6.07) is 0.432. The first-order valence-corrected chi connectivity index (χ1v) is 12.0. The second-order valence-corrected chi connectivity index (χ2v) is 11.5. The lowest BCUT2D eigenvalue weighted by molar-refractivity contribution is -0.126. The molecule has 2 saturated heterocycles. The van der Waals surface area contributed by atoms with E-state index in [1.54, 1.807) is 0 Å². The molecule has 2 aliphatic heterocycles. The Morgan fingerprint density at radius 1 is 1.28 bits per heavy atom. The molecule has 3 fully saturated rings. The van der Waals surface area contributed by atoms with E-state index in [9.17, 15) is 4.79 Å². The number of nitrogens with one attached hydrogen (secondary N) is 1. The molecule has 1 amide bonds. The first kappa shape index (κ1) is 21.2.